The fourth-order valence-corrected chi connectivity index (χ4v) is 2.58. The summed E-state index contributed by atoms with van der Waals surface area (Å²) < 4.78 is 5.74. The average molecular weight is 363 g/mol. The Morgan fingerprint density at radius 2 is 1.92 bits per heavy atom. The molecule has 0 bridgehead atoms. The number of hydrogen-bond acceptors (Lipinski definition) is 3. The Morgan fingerprint density at radius 1 is 1.23 bits per heavy atom. The van der Waals surface area contributed by atoms with E-state index in [1.165, 1.54) is 0 Å². The SMILES string of the molecule is CCNC(=NCc1cccc(OC(C)C)c1)N(C)CC(=O)N(CC)CC. The van der Waals surface area contributed by atoms with Crippen LogP contribution in [0.25, 0.3) is 0 Å². The van der Waals surface area contributed by atoms with Crippen LogP contribution in [-0.2, 0) is 11.3 Å². The van der Waals surface area contributed by atoms with E-state index in [-0.39, 0.29) is 12.0 Å². The van der Waals surface area contributed by atoms with Gasteiger partial charge in [-0.2, -0.15) is 0 Å². The molecule has 0 aliphatic rings. The van der Waals surface area contributed by atoms with Crippen molar-refractivity contribution < 1.29 is 9.53 Å². The van der Waals surface area contributed by atoms with Crippen LogP contribution in [0.3, 0.4) is 0 Å². The summed E-state index contributed by atoms with van der Waals surface area (Å²) in [6, 6.07) is 7.96. The first kappa shape index (κ1) is 21.8. The summed E-state index contributed by atoms with van der Waals surface area (Å²) in [5.74, 6) is 1.68. The number of hydrogen-bond donors (Lipinski definition) is 1. The lowest BCUT2D eigenvalue weighted by molar-refractivity contribution is -0.131. The number of rotatable bonds is 9. The highest BCUT2D eigenvalue weighted by Crippen LogP contribution is 2.15. The Kier molecular flexibility index (Phi) is 9.55. The van der Waals surface area contributed by atoms with Gasteiger partial charge in [-0.05, 0) is 52.3 Å². The van der Waals surface area contributed by atoms with E-state index in [1.54, 1.807) is 0 Å². The van der Waals surface area contributed by atoms with Crippen LogP contribution >= 0.6 is 0 Å². The summed E-state index contributed by atoms with van der Waals surface area (Å²) in [6.07, 6.45) is 0.142. The second-order valence-corrected chi connectivity index (χ2v) is 6.41. The molecule has 0 spiro atoms. The molecule has 0 atom stereocenters. The molecule has 1 N–H and O–H groups in total. The van der Waals surface area contributed by atoms with Gasteiger partial charge in [-0.15, -0.1) is 0 Å². The fourth-order valence-electron chi connectivity index (χ4n) is 2.58. The van der Waals surface area contributed by atoms with Crippen LogP contribution in [0.15, 0.2) is 29.3 Å². The van der Waals surface area contributed by atoms with Crippen molar-refractivity contribution in [2.24, 2.45) is 4.99 Å². The van der Waals surface area contributed by atoms with Gasteiger partial charge in [0.05, 0.1) is 19.2 Å². The van der Waals surface area contributed by atoms with E-state index in [0.717, 1.165) is 36.9 Å². The molecule has 0 aliphatic heterocycles. The predicted octanol–water partition coefficient (Wildman–Crippen LogP) is 2.74. The molecule has 0 heterocycles. The Balaban J connectivity index is 2.80. The third-order valence-corrected chi connectivity index (χ3v) is 3.87. The van der Waals surface area contributed by atoms with Crippen LogP contribution in [-0.4, -0.2) is 61.0 Å². The third-order valence-electron chi connectivity index (χ3n) is 3.87. The Bertz CT molecular complexity index is 583. The van der Waals surface area contributed by atoms with E-state index >= 15 is 0 Å². The molecule has 1 rings (SSSR count). The molecule has 26 heavy (non-hydrogen) atoms. The molecular weight excluding hydrogens is 328 g/mol. The maximum atomic E-state index is 12.3. The lowest BCUT2D eigenvalue weighted by atomic mass is 10.2. The molecule has 6 nitrogen and oxygen atoms in total. The van der Waals surface area contributed by atoms with Gasteiger partial charge in [0, 0.05) is 26.7 Å². The second kappa shape index (κ2) is 11.4. The topological polar surface area (TPSA) is 57.2 Å². The average Bonchev–Trinajstić information content (AvgIpc) is 2.59. The highest BCUT2D eigenvalue weighted by molar-refractivity contribution is 5.86. The molecule has 1 aromatic rings. The van der Waals surface area contributed by atoms with Gasteiger partial charge >= 0.3 is 0 Å². The molecular formula is C20H34N4O2. The molecule has 0 aromatic heterocycles. The van der Waals surface area contributed by atoms with E-state index in [1.807, 2.05) is 75.7 Å². The maximum absolute atomic E-state index is 12.3. The minimum atomic E-state index is 0.107. The highest BCUT2D eigenvalue weighted by Gasteiger charge is 2.15. The summed E-state index contributed by atoms with van der Waals surface area (Å²) in [5.41, 5.74) is 1.07. The van der Waals surface area contributed by atoms with Gasteiger partial charge in [0.2, 0.25) is 5.91 Å². The van der Waals surface area contributed by atoms with Crippen molar-refractivity contribution in [2.75, 3.05) is 33.2 Å². The standard InChI is InChI=1S/C20H34N4O2/c1-7-21-20(23(6)15-19(25)24(8-2)9-3)22-14-17-11-10-12-18(13-17)26-16(4)5/h10-13,16H,7-9,14-15H2,1-6H3,(H,21,22). The van der Waals surface area contributed by atoms with Gasteiger partial charge in [-0.3, -0.25) is 4.79 Å². The summed E-state index contributed by atoms with van der Waals surface area (Å²) in [5, 5.41) is 3.25. The van der Waals surface area contributed by atoms with Crippen LogP contribution in [0.1, 0.15) is 40.2 Å². The molecule has 0 fully saturated rings. The van der Waals surface area contributed by atoms with E-state index in [2.05, 4.69) is 10.3 Å². The van der Waals surface area contributed by atoms with Crippen molar-refractivity contribution in [1.82, 2.24) is 15.1 Å². The van der Waals surface area contributed by atoms with Crippen molar-refractivity contribution in [1.29, 1.82) is 0 Å². The van der Waals surface area contributed by atoms with Gasteiger partial charge in [-0.25, -0.2) is 4.99 Å². The van der Waals surface area contributed by atoms with E-state index in [9.17, 15) is 4.79 Å². The predicted molar refractivity (Wildman–Crippen MR) is 108 cm³/mol. The number of nitrogens with one attached hydrogen (secondary N) is 1. The van der Waals surface area contributed by atoms with Crippen LogP contribution in [0.2, 0.25) is 0 Å². The molecule has 0 saturated carbocycles. The van der Waals surface area contributed by atoms with Gasteiger partial charge in [0.15, 0.2) is 5.96 Å². The maximum Gasteiger partial charge on any atom is 0.242 e. The number of carbonyl (C=O) groups excluding carboxylic acids is 1. The first-order valence-corrected chi connectivity index (χ1v) is 9.43. The first-order chi connectivity index (χ1) is 12.4. The number of amides is 1. The molecule has 0 unspecified atom stereocenters. The van der Waals surface area contributed by atoms with Gasteiger partial charge in [0.1, 0.15) is 5.75 Å². The van der Waals surface area contributed by atoms with Crippen molar-refractivity contribution in [3.8, 4) is 5.75 Å². The Morgan fingerprint density at radius 3 is 2.50 bits per heavy atom. The van der Waals surface area contributed by atoms with E-state index in [4.69, 9.17) is 4.74 Å². The molecule has 6 heteroatoms. The van der Waals surface area contributed by atoms with Gasteiger partial charge in [0.25, 0.3) is 0 Å². The normalized spacial score (nSPS) is 11.4. The summed E-state index contributed by atoms with van der Waals surface area (Å²) in [6.45, 7) is 13.1. The van der Waals surface area contributed by atoms with Gasteiger partial charge < -0.3 is 19.9 Å². The number of nitrogens with zero attached hydrogens (tertiary/aromatic N) is 3. The summed E-state index contributed by atoms with van der Waals surface area (Å²) in [7, 11) is 1.89. The molecule has 146 valence electrons. The lowest BCUT2D eigenvalue weighted by Gasteiger charge is -2.25. The van der Waals surface area contributed by atoms with Gasteiger partial charge in [-0.1, -0.05) is 12.1 Å². The monoisotopic (exact) mass is 362 g/mol. The zero-order chi connectivity index (χ0) is 19.5. The van der Waals surface area contributed by atoms with Crippen molar-refractivity contribution in [3.05, 3.63) is 29.8 Å². The zero-order valence-electron chi connectivity index (χ0n) is 17.1. The zero-order valence-corrected chi connectivity index (χ0v) is 17.1. The minimum absolute atomic E-state index is 0.107. The summed E-state index contributed by atoms with van der Waals surface area (Å²) in [4.78, 5) is 20.7. The van der Waals surface area contributed by atoms with E-state index < -0.39 is 0 Å². The molecule has 1 aromatic carbocycles. The lowest BCUT2D eigenvalue weighted by Crippen LogP contribution is -2.45. The van der Waals surface area contributed by atoms with Crippen molar-refractivity contribution in [2.45, 2.75) is 47.3 Å². The number of benzene rings is 1. The van der Waals surface area contributed by atoms with Crippen LogP contribution in [0.4, 0.5) is 0 Å². The molecule has 1 amide bonds. The molecule has 0 saturated heterocycles. The minimum Gasteiger partial charge on any atom is -0.491 e. The van der Waals surface area contributed by atoms with Crippen LogP contribution in [0, 0.1) is 0 Å². The second-order valence-electron chi connectivity index (χ2n) is 6.41. The smallest absolute Gasteiger partial charge is 0.242 e. The highest BCUT2D eigenvalue weighted by atomic mass is 16.5. The molecule has 0 aliphatic carbocycles. The number of guanidine groups is 1. The van der Waals surface area contributed by atoms with Crippen molar-refractivity contribution >= 4 is 11.9 Å². The number of ether oxygens (including phenoxy) is 1. The molecule has 0 radical (unpaired) electrons. The first-order valence-electron chi connectivity index (χ1n) is 9.43. The fraction of sp³-hybridized carbons (Fsp3) is 0.600. The van der Waals surface area contributed by atoms with E-state index in [0.29, 0.717) is 13.1 Å². The summed E-state index contributed by atoms with van der Waals surface area (Å²) >= 11 is 0. The van der Waals surface area contributed by atoms with Crippen LogP contribution < -0.4 is 10.1 Å². The number of likely N-dealkylation sites (N-methyl/N-ethyl adjacent to an activating group) is 2. The quantitative estimate of drug-likeness (QED) is 0.542. The largest absolute Gasteiger partial charge is 0.491 e. The number of aliphatic imine (C=N–C) groups is 1. The number of carbonyl (C=O) groups is 1. The van der Waals surface area contributed by atoms with Crippen LogP contribution in [0.5, 0.6) is 5.75 Å². The van der Waals surface area contributed by atoms with Crippen molar-refractivity contribution in [3.63, 3.8) is 0 Å². The Labute approximate surface area is 158 Å². The Hall–Kier alpha value is -2.24. The third kappa shape index (κ3) is 7.33.